The fourth-order valence-electron chi connectivity index (χ4n) is 3.29. The molecule has 3 amide bonds. The van der Waals surface area contributed by atoms with Crippen molar-refractivity contribution in [2.75, 3.05) is 10.6 Å². The van der Waals surface area contributed by atoms with Gasteiger partial charge in [0.05, 0.1) is 0 Å². The lowest BCUT2D eigenvalue weighted by Crippen LogP contribution is -2.36. The fourth-order valence-corrected chi connectivity index (χ4v) is 3.29. The number of rotatable bonds is 5. The molecule has 0 aliphatic heterocycles. The average Bonchev–Trinajstić information content (AvgIpc) is 3.38. The molecule has 0 heterocycles. The van der Waals surface area contributed by atoms with Gasteiger partial charge in [-0.05, 0) is 56.7 Å². The zero-order valence-corrected chi connectivity index (χ0v) is 14.5. The summed E-state index contributed by atoms with van der Waals surface area (Å²) in [6.07, 6.45) is 5.20. The van der Waals surface area contributed by atoms with Gasteiger partial charge in [-0.25, -0.2) is 0 Å². The maximum absolute atomic E-state index is 12.5. The van der Waals surface area contributed by atoms with Crippen molar-refractivity contribution in [2.24, 2.45) is 11.8 Å². The first-order valence-corrected chi connectivity index (χ1v) is 9.00. The first-order chi connectivity index (χ1) is 12.0. The van der Waals surface area contributed by atoms with Crippen molar-refractivity contribution < 1.29 is 14.4 Å². The van der Waals surface area contributed by atoms with Crippen LogP contribution in [0, 0.1) is 11.8 Å². The van der Waals surface area contributed by atoms with E-state index in [1.807, 2.05) is 0 Å². The Morgan fingerprint density at radius 2 is 1.40 bits per heavy atom. The molecular weight excluding hydrogens is 318 g/mol. The zero-order chi connectivity index (χ0) is 17.8. The first kappa shape index (κ1) is 17.5. The monoisotopic (exact) mass is 343 g/mol. The zero-order valence-electron chi connectivity index (χ0n) is 14.5. The minimum atomic E-state index is -0.147. The van der Waals surface area contributed by atoms with Crippen LogP contribution in [0.4, 0.5) is 11.4 Å². The number of benzene rings is 1. The summed E-state index contributed by atoms with van der Waals surface area (Å²) in [5.41, 5.74) is 1.33. The Kier molecular flexibility index (Phi) is 5.36. The molecule has 0 bridgehead atoms. The van der Waals surface area contributed by atoms with E-state index >= 15 is 0 Å². The van der Waals surface area contributed by atoms with Crippen molar-refractivity contribution in [1.29, 1.82) is 0 Å². The summed E-state index contributed by atoms with van der Waals surface area (Å²) in [5, 5.41) is 8.68. The summed E-state index contributed by atoms with van der Waals surface area (Å²) in [5.74, 6) is -0.0150. The van der Waals surface area contributed by atoms with Gasteiger partial charge in [-0.1, -0.05) is 6.07 Å². The van der Waals surface area contributed by atoms with Gasteiger partial charge in [-0.2, -0.15) is 0 Å². The smallest absolute Gasteiger partial charge is 0.227 e. The van der Waals surface area contributed by atoms with Crippen molar-refractivity contribution in [3.05, 3.63) is 24.3 Å². The molecular formula is C19H25N3O3. The summed E-state index contributed by atoms with van der Waals surface area (Å²) >= 11 is 0. The third-order valence-electron chi connectivity index (χ3n) is 4.84. The van der Waals surface area contributed by atoms with E-state index in [2.05, 4.69) is 16.0 Å². The van der Waals surface area contributed by atoms with Gasteiger partial charge in [0.2, 0.25) is 17.7 Å². The van der Waals surface area contributed by atoms with E-state index in [0.717, 1.165) is 38.5 Å². The van der Waals surface area contributed by atoms with Crippen LogP contribution in [0.2, 0.25) is 0 Å². The molecule has 0 aromatic heterocycles. The predicted octanol–water partition coefficient (Wildman–Crippen LogP) is 2.67. The molecule has 6 heteroatoms. The van der Waals surface area contributed by atoms with Crippen molar-refractivity contribution in [3.8, 4) is 0 Å². The van der Waals surface area contributed by atoms with Crippen LogP contribution >= 0.6 is 0 Å². The van der Waals surface area contributed by atoms with Crippen LogP contribution in [0.25, 0.3) is 0 Å². The SMILES string of the molecule is CC(=O)Nc1cccc(NC(=O)C2CCC(C(=O)NC3CC3)CC2)c1. The number of hydrogen-bond donors (Lipinski definition) is 3. The molecule has 0 spiro atoms. The molecule has 2 fully saturated rings. The third kappa shape index (κ3) is 5.05. The van der Waals surface area contributed by atoms with Crippen molar-refractivity contribution >= 4 is 29.1 Å². The van der Waals surface area contributed by atoms with Crippen molar-refractivity contribution in [3.63, 3.8) is 0 Å². The Morgan fingerprint density at radius 1 is 0.840 bits per heavy atom. The summed E-state index contributed by atoms with van der Waals surface area (Å²) in [4.78, 5) is 35.7. The molecule has 1 aromatic rings. The van der Waals surface area contributed by atoms with E-state index in [1.54, 1.807) is 24.3 Å². The number of amides is 3. The number of hydrogen-bond acceptors (Lipinski definition) is 3. The lowest BCUT2D eigenvalue weighted by Gasteiger charge is -2.27. The highest BCUT2D eigenvalue weighted by Crippen LogP contribution is 2.31. The van der Waals surface area contributed by atoms with Gasteiger partial charge in [0.1, 0.15) is 0 Å². The van der Waals surface area contributed by atoms with Crippen LogP contribution in [0.3, 0.4) is 0 Å². The fraction of sp³-hybridized carbons (Fsp3) is 0.526. The van der Waals surface area contributed by atoms with E-state index < -0.39 is 0 Å². The highest BCUT2D eigenvalue weighted by atomic mass is 16.2. The topological polar surface area (TPSA) is 87.3 Å². The molecule has 2 saturated carbocycles. The van der Waals surface area contributed by atoms with Crippen LogP contribution in [-0.4, -0.2) is 23.8 Å². The van der Waals surface area contributed by atoms with E-state index in [0.29, 0.717) is 17.4 Å². The number of nitrogens with one attached hydrogen (secondary N) is 3. The summed E-state index contributed by atoms with van der Waals surface area (Å²) in [6, 6.07) is 7.51. The Bertz CT molecular complexity index is 662. The van der Waals surface area contributed by atoms with Crippen LogP contribution in [0.15, 0.2) is 24.3 Å². The molecule has 2 aliphatic rings. The molecule has 0 saturated heterocycles. The van der Waals surface area contributed by atoms with Crippen LogP contribution < -0.4 is 16.0 Å². The van der Waals surface area contributed by atoms with Gasteiger partial charge in [0.15, 0.2) is 0 Å². The molecule has 3 rings (SSSR count). The second-order valence-corrected chi connectivity index (χ2v) is 7.08. The summed E-state index contributed by atoms with van der Waals surface area (Å²) in [6.45, 7) is 1.45. The van der Waals surface area contributed by atoms with E-state index in [-0.39, 0.29) is 29.6 Å². The van der Waals surface area contributed by atoms with Gasteiger partial charge >= 0.3 is 0 Å². The van der Waals surface area contributed by atoms with Gasteiger partial charge in [-0.15, -0.1) is 0 Å². The lowest BCUT2D eigenvalue weighted by molar-refractivity contribution is -0.128. The number of anilines is 2. The molecule has 134 valence electrons. The maximum atomic E-state index is 12.5. The molecule has 0 radical (unpaired) electrons. The molecule has 1 aromatic carbocycles. The average molecular weight is 343 g/mol. The van der Waals surface area contributed by atoms with Crippen LogP contribution in [0.5, 0.6) is 0 Å². The molecule has 0 unspecified atom stereocenters. The highest BCUT2D eigenvalue weighted by molar-refractivity contribution is 5.94. The number of carbonyl (C=O) groups excluding carboxylic acids is 3. The van der Waals surface area contributed by atoms with E-state index in [4.69, 9.17) is 0 Å². The Morgan fingerprint density at radius 3 is 1.96 bits per heavy atom. The lowest BCUT2D eigenvalue weighted by atomic mass is 9.81. The minimum Gasteiger partial charge on any atom is -0.353 e. The number of carbonyl (C=O) groups is 3. The van der Waals surface area contributed by atoms with Crippen molar-refractivity contribution in [2.45, 2.75) is 51.5 Å². The highest BCUT2D eigenvalue weighted by Gasteiger charge is 2.32. The summed E-state index contributed by atoms with van der Waals surface area (Å²) in [7, 11) is 0. The Balaban J connectivity index is 1.49. The van der Waals surface area contributed by atoms with Crippen molar-refractivity contribution in [1.82, 2.24) is 5.32 Å². The van der Waals surface area contributed by atoms with E-state index in [1.165, 1.54) is 6.92 Å². The Labute approximate surface area is 147 Å². The van der Waals surface area contributed by atoms with Gasteiger partial charge < -0.3 is 16.0 Å². The first-order valence-electron chi connectivity index (χ1n) is 9.00. The largest absolute Gasteiger partial charge is 0.353 e. The normalized spacial score (nSPS) is 22.8. The van der Waals surface area contributed by atoms with Gasteiger partial charge in [0.25, 0.3) is 0 Å². The van der Waals surface area contributed by atoms with E-state index in [9.17, 15) is 14.4 Å². The third-order valence-corrected chi connectivity index (χ3v) is 4.84. The minimum absolute atomic E-state index is 0.0129. The second-order valence-electron chi connectivity index (χ2n) is 7.08. The van der Waals surface area contributed by atoms with Crippen LogP contribution in [-0.2, 0) is 14.4 Å². The molecule has 6 nitrogen and oxygen atoms in total. The predicted molar refractivity (Wildman–Crippen MR) is 96.0 cm³/mol. The standard InChI is InChI=1S/C19H25N3O3/c1-12(23)20-16-3-2-4-17(11-16)22-19(25)14-7-5-13(6-8-14)18(24)21-15-9-10-15/h2-4,11,13-15H,5-10H2,1H3,(H,20,23)(H,21,24)(H,22,25). The van der Waals surface area contributed by atoms with Gasteiger partial charge in [-0.3, -0.25) is 14.4 Å². The summed E-state index contributed by atoms with van der Waals surface area (Å²) < 4.78 is 0. The Hall–Kier alpha value is -2.37. The molecule has 3 N–H and O–H groups in total. The second kappa shape index (κ2) is 7.68. The quantitative estimate of drug-likeness (QED) is 0.768. The van der Waals surface area contributed by atoms with Crippen LogP contribution in [0.1, 0.15) is 45.4 Å². The molecule has 0 atom stereocenters. The molecule has 25 heavy (non-hydrogen) atoms. The maximum Gasteiger partial charge on any atom is 0.227 e. The molecule has 2 aliphatic carbocycles. The van der Waals surface area contributed by atoms with Gasteiger partial charge in [0, 0.05) is 36.2 Å².